The maximum Gasteiger partial charge on any atom is 0.216 e. The van der Waals surface area contributed by atoms with E-state index in [-0.39, 0.29) is 33.0 Å². The molecule has 0 radical (unpaired) electrons. The maximum absolute atomic E-state index is 13.2. The summed E-state index contributed by atoms with van der Waals surface area (Å²) in [5.41, 5.74) is 7.99. The third-order valence-corrected chi connectivity index (χ3v) is 8.86. The molecule has 29 heavy (non-hydrogen) atoms. The predicted molar refractivity (Wildman–Crippen MR) is 119 cm³/mol. The van der Waals surface area contributed by atoms with E-state index in [0.29, 0.717) is 5.56 Å². The zero-order valence-electron chi connectivity index (χ0n) is 16.0. The number of sulfone groups is 2. The molecule has 9 heteroatoms. The van der Waals surface area contributed by atoms with Crippen molar-refractivity contribution in [3.63, 3.8) is 0 Å². The van der Waals surface area contributed by atoms with E-state index in [1.54, 1.807) is 12.1 Å². The first kappa shape index (κ1) is 23.6. The smallest absolute Gasteiger partial charge is 0.216 e. The van der Waals surface area contributed by atoms with Gasteiger partial charge < -0.3 is 5.73 Å². The number of rotatable bonds is 6. The van der Waals surface area contributed by atoms with Gasteiger partial charge in [0.2, 0.25) is 9.84 Å². The highest BCUT2D eigenvalue weighted by atomic mass is 35.5. The minimum atomic E-state index is -3.86. The Morgan fingerprint density at radius 1 is 0.931 bits per heavy atom. The molecule has 0 fully saturated rings. The van der Waals surface area contributed by atoms with Crippen LogP contribution in [0.15, 0.2) is 68.6 Å². The molecule has 1 heterocycles. The topological polar surface area (TPSA) is 94.3 Å². The Bertz CT molecular complexity index is 1230. The molecule has 0 bridgehead atoms. The van der Waals surface area contributed by atoms with Crippen LogP contribution in [0.4, 0.5) is 0 Å². The van der Waals surface area contributed by atoms with Gasteiger partial charge in [-0.25, -0.2) is 16.8 Å². The Labute approximate surface area is 181 Å². The molecular weight excluding hydrogens is 450 g/mol. The van der Waals surface area contributed by atoms with Gasteiger partial charge in [-0.3, -0.25) is 0 Å². The zero-order chi connectivity index (χ0) is 20.5. The van der Waals surface area contributed by atoms with Crippen LogP contribution in [0.5, 0.6) is 0 Å². The van der Waals surface area contributed by atoms with Crippen LogP contribution in [0.1, 0.15) is 17.4 Å². The molecule has 2 N–H and O–H groups in total. The molecule has 0 atom stereocenters. The molecule has 0 saturated carbocycles. The molecule has 0 spiro atoms. The first-order chi connectivity index (χ1) is 13.2. The molecule has 0 aliphatic heterocycles. The predicted octanol–water partition coefficient (Wildman–Crippen LogP) is 4.09. The summed E-state index contributed by atoms with van der Waals surface area (Å²) < 4.78 is 50.9. The van der Waals surface area contributed by atoms with Crippen LogP contribution in [-0.4, -0.2) is 23.1 Å². The lowest BCUT2D eigenvalue weighted by molar-refractivity contribution is 0.597. The third kappa shape index (κ3) is 4.90. The summed E-state index contributed by atoms with van der Waals surface area (Å²) in [6.07, 6.45) is 1.82. The van der Waals surface area contributed by atoms with Crippen LogP contribution in [-0.2, 0) is 32.6 Å². The molecule has 3 aromatic rings. The normalized spacial score (nSPS) is 11.8. The zero-order valence-corrected chi connectivity index (χ0v) is 19.2. The first-order valence-corrected chi connectivity index (χ1v) is 12.8. The fourth-order valence-corrected chi connectivity index (χ4v) is 6.40. The van der Waals surface area contributed by atoms with Crippen molar-refractivity contribution in [2.24, 2.45) is 5.73 Å². The van der Waals surface area contributed by atoms with E-state index in [1.807, 2.05) is 31.2 Å². The van der Waals surface area contributed by atoms with Gasteiger partial charge in [-0.05, 0) is 53.4 Å². The van der Waals surface area contributed by atoms with E-state index < -0.39 is 19.7 Å². The van der Waals surface area contributed by atoms with Crippen molar-refractivity contribution in [2.75, 3.05) is 6.26 Å². The van der Waals surface area contributed by atoms with Gasteiger partial charge in [0.05, 0.1) is 9.79 Å². The number of benzene rings is 2. The Balaban J connectivity index is 0.00000300. The van der Waals surface area contributed by atoms with Gasteiger partial charge >= 0.3 is 0 Å². The molecule has 1 aromatic heterocycles. The lowest BCUT2D eigenvalue weighted by atomic mass is 9.98. The number of aryl methyl sites for hydroxylation is 1. The monoisotopic (exact) mass is 471 g/mol. The maximum atomic E-state index is 13.2. The molecule has 0 aliphatic carbocycles. The molecule has 0 unspecified atom stereocenters. The van der Waals surface area contributed by atoms with Crippen LogP contribution >= 0.6 is 23.7 Å². The molecule has 3 rings (SSSR count). The summed E-state index contributed by atoms with van der Waals surface area (Å²) in [5, 5.41) is 0. The van der Waals surface area contributed by atoms with Crippen LogP contribution in [0, 0.1) is 0 Å². The minimum absolute atomic E-state index is 0. The average molecular weight is 472 g/mol. The SMILES string of the molecule is CCc1ccccc1-c1cc(S(C)(=O)=O)cc(S(=O)(=O)c2ccc(CN)s2)c1.Cl. The molecule has 0 amide bonds. The fraction of sp³-hybridized carbons (Fsp3) is 0.200. The van der Waals surface area contributed by atoms with Crippen LogP contribution < -0.4 is 5.73 Å². The van der Waals surface area contributed by atoms with Crippen molar-refractivity contribution in [2.45, 2.75) is 33.9 Å². The minimum Gasteiger partial charge on any atom is -0.326 e. The summed E-state index contributed by atoms with van der Waals surface area (Å²) in [5.74, 6) is 0. The van der Waals surface area contributed by atoms with Gasteiger partial charge in [0.15, 0.2) is 9.84 Å². The van der Waals surface area contributed by atoms with Crippen molar-refractivity contribution >= 4 is 43.4 Å². The summed E-state index contributed by atoms with van der Waals surface area (Å²) >= 11 is 1.09. The van der Waals surface area contributed by atoms with E-state index in [0.717, 1.165) is 40.0 Å². The van der Waals surface area contributed by atoms with Gasteiger partial charge in [0.1, 0.15) is 4.21 Å². The van der Waals surface area contributed by atoms with Crippen molar-refractivity contribution in [1.82, 2.24) is 0 Å². The van der Waals surface area contributed by atoms with Gasteiger partial charge in [-0.15, -0.1) is 23.7 Å². The van der Waals surface area contributed by atoms with Crippen LogP contribution in [0.3, 0.4) is 0 Å². The van der Waals surface area contributed by atoms with Crippen LogP contribution in [0.25, 0.3) is 11.1 Å². The molecule has 2 aromatic carbocycles. The number of thiophene rings is 1. The van der Waals surface area contributed by atoms with E-state index in [1.165, 1.54) is 18.2 Å². The largest absolute Gasteiger partial charge is 0.326 e. The van der Waals surface area contributed by atoms with E-state index in [2.05, 4.69) is 0 Å². The summed E-state index contributed by atoms with van der Waals surface area (Å²) in [4.78, 5) is 0.682. The second kappa shape index (κ2) is 8.97. The second-order valence-corrected chi connectivity index (χ2v) is 11.8. The van der Waals surface area contributed by atoms with E-state index in [9.17, 15) is 16.8 Å². The molecule has 156 valence electrons. The number of nitrogens with two attached hydrogens (primary N) is 1. The lowest BCUT2D eigenvalue weighted by Crippen LogP contribution is -2.05. The highest BCUT2D eigenvalue weighted by Crippen LogP contribution is 2.33. The van der Waals surface area contributed by atoms with Gasteiger partial charge in [0, 0.05) is 17.7 Å². The Morgan fingerprint density at radius 3 is 2.17 bits per heavy atom. The Morgan fingerprint density at radius 2 is 1.59 bits per heavy atom. The van der Waals surface area contributed by atoms with Crippen molar-refractivity contribution in [3.05, 3.63) is 65.0 Å². The highest BCUT2D eigenvalue weighted by molar-refractivity contribution is 7.93. The van der Waals surface area contributed by atoms with Gasteiger partial charge in [-0.2, -0.15) is 0 Å². The van der Waals surface area contributed by atoms with Gasteiger partial charge in [-0.1, -0.05) is 31.2 Å². The average Bonchev–Trinajstić information content (AvgIpc) is 3.17. The first-order valence-electron chi connectivity index (χ1n) is 8.64. The summed E-state index contributed by atoms with van der Waals surface area (Å²) in [6.45, 7) is 2.25. The highest BCUT2D eigenvalue weighted by Gasteiger charge is 2.23. The van der Waals surface area contributed by atoms with Crippen LogP contribution in [0.2, 0.25) is 0 Å². The number of hydrogen-bond donors (Lipinski definition) is 1. The van der Waals surface area contributed by atoms with Crippen molar-refractivity contribution < 1.29 is 16.8 Å². The number of hydrogen-bond acceptors (Lipinski definition) is 6. The third-order valence-electron chi connectivity index (χ3n) is 4.43. The second-order valence-electron chi connectivity index (χ2n) is 6.40. The molecule has 0 saturated heterocycles. The Hall–Kier alpha value is -1.71. The van der Waals surface area contributed by atoms with E-state index in [4.69, 9.17) is 5.73 Å². The summed E-state index contributed by atoms with van der Waals surface area (Å²) in [7, 11) is -7.46. The van der Waals surface area contributed by atoms with Crippen molar-refractivity contribution in [3.8, 4) is 11.1 Å². The van der Waals surface area contributed by atoms with Crippen molar-refractivity contribution in [1.29, 1.82) is 0 Å². The Kier molecular flexibility index (Phi) is 7.29. The number of halogens is 1. The summed E-state index contributed by atoms with van der Waals surface area (Å²) in [6, 6.07) is 15.1. The molecular formula is C20H22ClNO4S3. The molecule has 5 nitrogen and oxygen atoms in total. The standard InChI is InChI=1S/C20H21NO4S3.ClH/c1-3-14-6-4-5-7-19(14)15-10-17(27(2,22)23)12-18(11-15)28(24,25)20-9-8-16(13-21)26-20;/h4-12H,3,13,21H2,1-2H3;1H. The lowest BCUT2D eigenvalue weighted by Gasteiger charge is -2.12. The van der Waals surface area contributed by atoms with Gasteiger partial charge in [0.25, 0.3) is 0 Å². The fourth-order valence-electron chi connectivity index (χ4n) is 2.94. The quantitative estimate of drug-likeness (QED) is 0.584. The van der Waals surface area contributed by atoms with E-state index >= 15 is 0 Å². The molecule has 0 aliphatic rings.